The van der Waals surface area contributed by atoms with Crippen LogP contribution in [0.4, 0.5) is 5.13 Å². The Labute approximate surface area is 174 Å². The molecule has 29 heavy (non-hydrogen) atoms. The number of nitrogens with one attached hydrogen (secondary N) is 1. The number of aromatic nitrogens is 1. The van der Waals surface area contributed by atoms with Gasteiger partial charge in [-0.3, -0.25) is 9.69 Å². The third-order valence-corrected chi connectivity index (χ3v) is 7.22. The van der Waals surface area contributed by atoms with Gasteiger partial charge in [0.05, 0.1) is 16.7 Å². The first kappa shape index (κ1) is 21.2. The Bertz CT molecular complexity index is 1010. The second-order valence-corrected chi connectivity index (χ2v) is 9.44. The van der Waals surface area contributed by atoms with Crippen LogP contribution in [0.25, 0.3) is 0 Å². The molecule has 9 heteroatoms. The average molecular weight is 431 g/mol. The minimum absolute atomic E-state index is 0.0430. The van der Waals surface area contributed by atoms with Crippen LogP contribution >= 0.6 is 11.3 Å². The van der Waals surface area contributed by atoms with Crippen molar-refractivity contribution in [1.29, 1.82) is 5.26 Å². The molecule has 1 N–H and O–H groups in total. The topological polar surface area (TPSA) is 103 Å². The molecule has 0 saturated carbocycles. The summed E-state index contributed by atoms with van der Waals surface area (Å²) < 4.78 is 26.8. The Morgan fingerprint density at radius 1 is 1.31 bits per heavy atom. The fourth-order valence-corrected chi connectivity index (χ4v) is 5.28. The molecule has 0 fully saturated rings. The van der Waals surface area contributed by atoms with Crippen molar-refractivity contribution in [3.8, 4) is 6.07 Å². The molecule has 1 aliphatic carbocycles. The van der Waals surface area contributed by atoms with Crippen LogP contribution < -0.4 is 9.62 Å². The van der Waals surface area contributed by atoms with Crippen molar-refractivity contribution in [3.63, 3.8) is 0 Å². The van der Waals surface area contributed by atoms with Gasteiger partial charge in [-0.05, 0) is 49.9 Å². The number of thiazole rings is 1. The molecule has 152 valence electrons. The van der Waals surface area contributed by atoms with Gasteiger partial charge in [0, 0.05) is 30.0 Å². The van der Waals surface area contributed by atoms with Crippen LogP contribution in [0.5, 0.6) is 0 Å². The van der Waals surface area contributed by atoms with E-state index in [1.807, 2.05) is 6.07 Å². The zero-order valence-corrected chi connectivity index (χ0v) is 17.6. The highest BCUT2D eigenvalue weighted by molar-refractivity contribution is 7.89. The maximum atomic E-state index is 13.1. The molecule has 1 amide bonds. The van der Waals surface area contributed by atoms with Gasteiger partial charge in [0.25, 0.3) is 5.91 Å². The van der Waals surface area contributed by atoms with E-state index in [-0.39, 0.29) is 23.8 Å². The number of amides is 1. The summed E-state index contributed by atoms with van der Waals surface area (Å²) in [4.78, 5) is 20.6. The van der Waals surface area contributed by atoms with Crippen LogP contribution in [0.3, 0.4) is 0 Å². The lowest BCUT2D eigenvalue weighted by atomic mass is 10.0. The van der Waals surface area contributed by atoms with Crippen LogP contribution in [0, 0.1) is 11.3 Å². The summed E-state index contributed by atoms with van der Waals surface area (Å²) in [6.45, 7) is 4.10. The van der Waals surface area contributed by atoms with Gasteiger partial charge in [0.2, 0.25) is 10.0 Å². The van der Waals surface area contributed by atoms with E-state index in [0.29, 0.717) is 17.2 Å². The van der Waals surface area contributed by atoms with Gasteiger partial charge in [0.1, 0.15) is 0 Å². The fourth-order valence-electron chi connectivity index (χ4n) is 3.09. The van der Waals surface area contributed by atoms with Crippen LogP contribution in [0.1, 0.15) is 40.2 Å². The normalized spacial score (nSPS) is 13.3. The second kappa shape index (κ2) is 9.31. The van der Waals surface area contributed by atoms with Gasteiger partial charge in [0.15, 0.2) is 5.13 Å². The Morgan fingerprint density at radius 3 is 2.69 bits per heavy atom. The molecule has 2 aromatic rings. The number of sulfonamides is 1. The number of carbonyl (C=O) groups is 1. The zero-order chi connectivity index (χ0) is 20.9. The summed E-state index contributed by atoms with van der Waals surface area (Å²) in [5.74, 6) is -0.252. The van der Waals surface area contributed by atoms with Crippen LogP contribution in [-0.4, -0.2) is 32.4 Å². The third kappa shape index (κ3) is 4.90. The number of carbonyl (C=O) groups excluding carboxylic acids is 1. The molecule has 0 radical (unpaired) electrons. The molecule has 0 bridgehead atoms. The highest BCUT2D eigenvalue weighted by Crippen LogP contribution is 2.32. The van der Waals surface area contributed by atoms with Gasteiger partial charge < -0.3 is 0 Å². The molecule has 1 aromatic carbocycles. The zero-order valence-electron chi connectivity index (χ0n) is 15.9. The lowest BCUT2D eigenvalue weighted by Gasteiger charge is -2.18. The van der Waals surface area contributed by atoms with Crippen LogP contribution in [0.2, 0.25) is 0 Å². The van der Waals surface area contributed by atoms with Crippen molar-refractivity contribution in [1.82, 2.24) is 9.71 Å². The number of anilines is 1. The van der Waals surface area contributed by atoms with E-state index in [4.69, 9.17) is 5.26 Å². The molecule has 7 nitrogen and oxygen atoms in total. The number of nitriles is 1. The van der Waals surface area contributed by atoms with Crippen molar-refractivity contribution in [2.24, 2.45) is 0 Å². The number of hydrogen-bond acceptors (Lipinski definition) is 6. The van der Waals surface area contributed by atoms with E-state index in [0.717, 1.165) is 31.4 Å². The largest absolute Gasteiger partial charge is 0.280 e. The molecule has 1 heterocycles. The molecule has 0 aliphatic heterocycles. The third-order valence-electron chi connectivity index (χ3n) is 4.56. The maximum Gasteiger partial charge on any atom is 0.260 e. The summed E-state index contributed by atoms with van der Waals surface area (Å²) >= 11 is 1.54. The van der Waals surface area contributed by atoms with E-state index in [1.165, 1.54) is 40.5 Å². The summed E-state index contributed by atoms with van der Waals surface area (Å²) in [5.41, 5.74) is 1.44. The van der Waals surface area contributed by atoms with Crippen molar-refractivity contribution in [3.05, 3.63) is 53.1 Å². The molecule has 0 spiro atoms. The van der Waals surface area contributed by atoms with Crippen molar-refractivity contribution < 1.29 is 13.2 Å². The van der Waals surface area contributed by atoms with E-state index in [9.17, 15) is 13.2 Å². The first-order valence-corrected chi connectivity index (χ1v) is 11.6. The Hall–Kier alpha value is -2.54. The molecule has 3 rings (SSSR count). The maximum absolute atomic E-state index is 13.1. The standard InChI is InChI=1S/C20H22N4O3S2/c1-2-14-24(20-23-17-6-3-4-7-18(17)28-20)19(25)15-8-10-16(11-9-15)29(26,27)22-13-5-12-21/h2,8-11,22H,1,3-7,13-14H2. The Balaban J connectivity index is 1.81. The van der Waals surface area contributed by atoms with Gasteiger partial charge in [-0.1, -0.05) is 6.08 Å². The minimum atomic E-state index is -3.71. The van der Waals surface area contributed by atoms with Gasteiger partial charge in [-0.15, -0.1) is 17.9 Å². The second-order valence-electron chi connectivity index (χ2n) is 6.61. The lowest BCUT2D eigenvalue weighted by molar-refractivity contribution is 0.0989. The van der Waals surface area contributed by atoms with Crippen molar-refractivity contribution in [2.45, 2.75) is 37.0 Å². The van der Waals surface area contributed by atoms with Crippen molar-refractivity contribution in [2.75, 3.05) is 18.0 Å². The van der Waals surface area contributed by atoms with Crippen molar-refractivity contribution >= 4 is 32.4 Å². The van der Waals surface area contributed by atoms with E-state index < -0.39 is 10.0 Å². The number of benzene rings is 1. The van der Waals surface area contributed by atoms with E-state index in [1.54, 1.807) is 11.0 Å². The lowest BCUT2D eigenvalue weighted by Crippen LogP contribution is -2.31. The van der Waals surface area contributed by atoms with Gasteiger partial charge >= 0.3 is 0 Å². The average Bonchev–Trinajstić information content (AvgIpc) is 3.15. The molecular weight excluding hydrogens is 408 g/mol. The SMILES string of the molecule is C=CCN(C(=O)c1ccc(S(=O)(=O)NCCC#N)cc1)c1nc2c(s1)CCCC2. The summed E-state index contributed by atoms with van der Waals surface area (Å²) in [5, 5.41) is 9.19. The quantitative estimate of drug-likeness (QED) is 0.512. The molecule has 0 atom stereocenters. The number of nitrogens with zero attached hydrogens (tertiary/aromatic N) is 3. The number of aryl methyl sites for hydroxylation is 2. The highest BCUT2D eigenvalue weighted by atomic mass is 32.2. The fraction of sp³-hybridized carbons (Fsp3) is 0.350. The molecule has 1 aliphatic rings. The highest BCUT2D eigenvalue weighted by Gasteiger charge is 2.24. The molecule has 0 unspecified atom stereocenters. The van der Waals surface area contributed by atoms with E-state index in [2.05, 4.69) is 16.3 Å². The Kier molecular flexibility index (Phi) is 6.79. The van der Waals surface area contributed by atoms with Crippen LogP contribution in [0.15, 0.2) is 41.8 Å². The monoisotopic (exact) mass is 430 g/mol. The van der Waals surface area contributed by atoms with Gasteiger partial charge in [-0.25, -0.2) is 18.1 Å². The smallest absolute Gasteiger partial charge is 0.260 e. The predicted molar refractivity (Wildman–Crippen MR) is 112 cm³/mol. The minimum Gasteiger partial charge on any atom is -0.280 e. The van der Waals surface area contributed by atoms with Gasteiger partial charge in [-0.2, -0.15) is 5.26 Å². The molecule has 1 aromatic heterocycles. The molecular formula is C20H22N4O3S2. The number of rotatable bonds is 8. The summed E-state index contributed by atoms with van der Waals surface area (Å²) in [7, 11) is -3.71. The summed E-state index contributed by atoms with van der Waals surface area (Å²) in [6, 6.07) is 7.64. The first-order chi connectivity index (χ1) is 14.0. The Morgan fingerprint density at radius 2 is 2.03 bits per heavy atom. The number of fused-ring (bicyclic) bond motifs is 1. The van der Waals surface area contributed by atoms with Crippen LogP contribution in [-0.2, 0) is 22.9 Å². The van der Waals surface area contributed by atoms with E-state index >= 15 is 0 Å². The number of hydrogen-bond donors (Lipinski definition) is 1. The molecule has 0 saturated heterocycles. The first-order valence-electron chi connectivity index (χ1n) is 9.34. The predicted octanol–water partition coefficient (Wildman–Crippen LogP) is 3.05. The summed E-state index contributed by atoms with van der Waals surface area (Å²) in [6.07, 6.45) is 5.93.